The smallest absolute Gasteiger partial charge is 0.261 e. The Morgan fingerprint density at radius 2 is 1.79 bits per heavy atom. The van der Waals surface area contributed by atoms with Gasteiger partial charge in [0, 0.05) is 19.0 Å². The van der Waals surface area contributed by atoms with E-state index in [9.17, 15) is 9.59 Å². The minimum Gasteiger partial charge on any atom is -0.299 e. The van der Waals surface area contributed by atoms with E-state index >= 15 is 0 Å². The monoisotopic (exact) mass is 367 g/mol. The highest BCUT2D eigenvalue weighted by Crippen LogP contribution is 2.27. The van der Waals surface area contributed by atoms with Crippen LogP contribution < -0.4 is 5.56 Å². The number of carbonyl (C=O) groups excluding carboxylic acids is 1. The first-order chi connectivity index (χ1) is 13.7. The third-order valence-electron chi connectivity index (χ3n) is 5.22. The summed E-state index contributed by atoms with van der Waals surface area (Å²) in [6.07, 6.45) is 5.84. The molecule has 0 bridgehead atoms. The minimum absolute atomic E-state index is 0.0751. The summed E-state index contributed by atoms with van der Waals surface area (Å²) in [5.41, 5.74) is 5.96. The second-order valence-corrected chi connectivity index (χ2v) is 7.15. The van der Waals surface area contributed by atoms with Crippen LogP contribution in [-0.2, 0) is 24.2 Å². The number of hydrogen-bond donors (Lipinski definition) is 0. The van der Waals surface area contributed by atoms with Crippen molar-refractivity contribution in [1.82, 2.24) is 14.5 Å². The van der Waals surface area contributed by atoms with Gasteiger partial charge in [-0.25, -0.2) is 4.98 Å². The molecule has 0 aliphatic heterocycles. The van der Waals surface area contributed by atoms with Gasteiger partial charge in [0.15, 0.2) is 0 Å². The summed E-state index contributed by atoms with van der Waals surface area (Å²) in [6.45, 7) is 0.446. The van der Waals surface area contributed by atoms with E-state index < -0.39 is 0 Å². The molecule has 4 aromatic rings. The number of benzene rings is 2. The first-order valence-electron chi connectivity index (χ1n) is 9.19. The number of ketones is 1. The van der Waals surface area contributed by atoms with Gasteiger partial charge < -0.3 is 0 Å². The van der Waals surface area contributed by atoms with Crippen LogP contribution >= 0.6 is 0 Å². The van der Waals surface area contributed by atoms with Crippen molar-refractivity contribution in [2.75, 3.05) is 0 Å². The molecule has 0 saturated heterocycles. The fourth-order valence-electron chi connectivity index (χ4n) is 3.80. The fourth-order valence-corrected chi connectivity index (χ4v) is 3.80. The Morgan fingerprint density at radius 3 is 2.71 bits per heavy atom. The van der Waals surface area contributed by atoms with Crippen molar-refractivity contribution in [3.8, 4) is 11.1 Å². The quantitative estimate of drug-likeness (QED) is 0.558. The highest BCUT2D eigenvalue weighted by molar-refractivity contribution is 5.88. The van der Waals surface area contributed by atoms with Crippen LogP contribution in [0.1, 0.15) is 16.7 Å². The van der Waals surface area contributed by atoms with Crippen molar-refractivity contribution in [1.29, 1.82) is 0 Å². The second-order valence-electron chi connectivity index (χ2n) is 7.15. The number of hydrogen-bond acceptors (Lipinski definition) is 4. The molecule has 5 heteroatoms. The predicted octanol–water partition coefficient (Wildman–Crippen LogP) is 3.17. The first kappa shape index (κ1) is 16.6. The van der Waals surface area contributed by atoms with Crippen LogP contribution in [0.25, 0.3) is 22.0 Å². The van der Waals surface area contributed by atoms with Gasteiger partial charge in [0.1, 0.15) is 5.78 Å². The summed E-state index contributed by atoms with van der Waals surface area (Å²) in [4.78, 5) is 32.7. The maximum absolute atomic E-state index is 12.7. The summed E-state index contributed by atoms with van der Waals surface area (Å²) in [5, 5.41) is 0.567. The molecule has 0 atom stereocenters. The highest BCUT2D eigenvalue weighted by atomic mass is 16.1. The molecule has 0 fully saturated rings. The Morgan fingerprint density at radius 1 is 0.929 bits per heavy atom. The molecule has 1 aliphatic rings. The van der Waals surface area contributed by atoms with E-state index in [1.807, 2.05) is 18.2 Å². The van der Waals surface area contributed by atoms with Crippen molar-refractivity contribution >= 4 is 16.7 Å². The van der Waals surface area contributed by atoms with Crippen LogP contribution in [0.5, 0.6) is 0 Å². The normalized spacial score (nSPS) is 13.1. The van der Waals surface area contributed by atoms with Gasteiger partial charge >= 0.3 is 0 Å². The van der Waals surface area contributed by atoms with E-state index in [1.165, 1.54) is 0 Å². The van der Waals surface area contributed by atoms with Crippen molar-refractivity contribution in [3.63, 3.8) is 0 Å². The molecule has 0 radical (unpaired) electrons. The van der Waals surface area contributed by atoms with Gasteiger partial charge in [-0.15, -0.1) is 0 Å². The Balaban J connectivity index is 1.49. The molecule has 5 nitrogen and oxygen atoms in total. The lowest BCUT2D eigenvalue weighted by Crippen LogP contribution is -2.21. The van der Waals surface area contributed by atoms with Crippen LogP contribution in [0.15, 0.2) is 72.0 Å². The number of Topliss-reactive ketones (excluding diaryl/α,β-unsaturated/α-hetero) is 1. The third kappa shape index (κ3) is 2.91. The summed E-state index contributed by atoms with van der Waals surface area (Å²) >= 11 is 0. The van der Waals surface area contributed by atoms with E-state index in [0.717, 1.165) is 27.8 Å². The zero-order valence-corrected chi connectivity index (χ0v) is 15.1. The van der Waals surface area contributed by atoms with Gasteiger partial charge in [-0.3, -0.25) is 19.1 Å². The lowest BCUT2D eigenvalue weighted by atomic mass is 9.99. The topological polar surface area (TPSA) is 64.8 Å². The van der Waals surface area contributed by atoms with Crippen LogP contribution in [0.3, 0.4) is 0 Å². The maximum Gasteiger partial charge on any atom is 0.261 e. The largest absolute Gasteiger partial charge is 0.299 e. The first-order valence-corrected chi connectivity index (χ1v) is 9.19. The molecule has 0 amide bonds. The van der Waals surface area contributed by atoms with E-state index in [1.54, 1.807) is 29.4 Å². The number of rotatable bonds is 3. The molecule has 2 aromatic carbocycles. The van der Waals surface area contributed by atoms with Crippen molar-refractivity contribution in [3.05, 3.63) is 94.3 Å². The predicted molar refractivity (Wildman–Crippen MR) is 107 cm³/mol. The summed E-state index contributed by atoms with van der Waals surface area (Å²) < 4.78 is 1.61. The Labute approximate surface area is 161 Å². The van der Waals surface area contributed by atoms with Crippen LogP contribution in [0.4, 0.5) is 0 Å². The molecule has 0 unspecified atom stereocenters. The maximum atomic E-state index is 12.7. The second kappa shape index (κ2) is 6.53. The average molecular weight is 367 g/mol. The van der Waals surface area contributed by atoms with E-state index in [0.29, 0.717) is 30.3 Å². The van der Waals surface area contributed by atoms with E-state index in [4.69, 9.17) is 0 Å². The number of carbonyl (C=O) groups is 1. The molecule has 136 valence electrons. The Bertz CT molecular complexity index is 1290. The summed E-state index contributed by atoms with van der Waals surface area (Å²) in [5.74, 6) is 0.277. The minimum atomic E-state index is -0.0751. The van der Waals surface area contributed by atoms with Crippen LogP contribution in [0.2, 0.25) is 0 Å². The number of nitrogens with zero attached hydrogens (tertiary/aromatic N) is 3. The molecule has 2 aromatic heterocycles. The number of pyridine rings is 1. The molecule has 1 aliphatic carbocycles. The average Bonchev–Trinajstić information content (AvgIpc) is 3.10. The molecule has 28 heavy (non-hydrogen) atoms. The van der Waals surface area contributed by atoms with Crippen molar-refractivity contribution < 1.29 is 4.79 Å². The fraction of sp³-hybridized carbons (Fsp3) is 0.130. The van der Waals surface area contributed by atoms with Gasteiger partial charge in [0.2, 0.25) is 0 Å². The standard InChI is InChI=1S/C23H17N3O2/c27-20-10-18-5-4-17(9-19(18)11-20)16-3-1-2-15(8-16)13-26-14-25-22-12-24-7-6-21(22)23(26)28/h1-9,12,14H,10-11,13H2. The molecule has 2 heterocycles. The lowest BCUT2D eigenvalue weighted by molar-refractivity contribution is -0.117. The van der Waals surface area contributed by atoms with E-state index in [2.05, 4.69) is 34.2 Å². The zero-order chi connectivity index (χ0) is 19.1. The SMILES string of the molecule is O=C1Cc2ccc(-c3cccc(Cn4cnc5cnccc5c4=O)c3)cc2C1. The lowest BCUT2D eigenvalue weighted by Gasteiger charge is -2.10. The third-order valence-corrected chi connectivity index (χ3v) is 5.22. The van der Waals surface area contributed by atoms with E-state index in [-0.39, 0.29) is 11.3 Å². The van der Waals surface area contributed by atoms with Crippen LogP contribution in [-0.4, -0.2) is 20.3 Å². The van der Waals surface area contributed by atoms with Crippen molar-refractivity contribution in [2.24, 2.45) is 0 Å². The van der Waals surface area contributed by atoms with Gasteiger partial charge in [0.05, 0.1) is 30.0 Å². The van der Waals surface area contributed by atoms with Gasteiger partial charge in [0.25, 0.3) is 5.56 Å². The van der Waals surface area contributed by atoms with Crippen LogP contribution in [0, 0.1) is 0 Å². The molecular formula is C23H17N3O2. The number of fused-ring (bicyclic) bond motifs is 2. The molecule has 0 saturated carbocycles. The van der Waals surface area contributed by atoms with Gasteiger partial charge in [-0.2, -0.15) is 0 Å². The Hall–Kier alpha value is -3.60. The Kier molecular flexibility index (Phi) is 3.86. The van der Waals surface area contributed by atoms with Gasteiger partial charge in [-0.1, -0.05) is 36.4 Å². The van der Waals surface area contributed by atoms with Gasteiger partial charge in [-0.05, 0) is 39.9 Å². The highest BCUT2D eigenvalue weighted by Gasteiger charge is 2.18. The number of aromatic nitrogens is 3. The summed E-state index contributed by atoms with van der Waals surface area (Å²) in [6, 6.07) is 16.0. The van der Waals surface area contributed by atoms with Crippen molar-refractivity contribution in [2.45, 2.75) is 19.4 Å². The summed E-state index contributed by atoms with van der Waals surface area (Å²) in [7, 11) is 0. The zero-order valence-electron chi connectivity index (χ0n) is 15.1. The molecule has 0 N–H and O–H groups in total. The molecule has 0 spiro atoms. The molecular weight excluding hydrogens is 350 g/mol. The molecule has 5 rings (SSSR count).